The van der Waals surface area contributed by atoms with Crippen LogP contribution < -0.4 is 5.32 Å². The number of carboxylic acid groups (broad SMARTS) is 1. The smallest absolute Gasteiger partial charge is 0.322 e. The van der Waals surface area contributed by atoms with Crippen molar-refractivity contribution in [2.24, 2.45) is 0 Å². The van der Waals surface area contributed by atoms with Crippen LogP contribution in [-0.4, -0.2) is 35.1 Å². The summed E-state index contributed by atoms with van der Waals surface area (Å²) in [6, 6.07) is 4.68. The van der Waals surface area contributed by atoms with Crippen LogP contribution in [0.25, 0.3) is 6.08 Å². The lowest BCUT2D eigenvalue weighted by molar-refractivity contribution is -0.137. The van der Waals surface area contributed by atoms with Crippen LogP contribution in [0.2, 0.25) is 0 Å². The first-order chi connectivity index (χ1) is 10.4. The van der Waals surface area contributed by atoms with Crippen LogP contribution in [-0.2, 0) is 9.59 Å². The molecule has 1 aliphatic carbocycles. The first-order valence-electron chi connectivity index (χ1n) is 6.47. The molecule has 2 N–H and O–H groups in total. The lowest BCUT2D eigenvalue weighted by Crippen LogP contribution is -2.27. The Labute approximate surface area is 126 Å². The Morgan fingerprint density at radius 2 is 1.95 bits per heavy atom. The van der Waals surface area contributed by atoms with Crippen LogP contribution in [0.5, 0.6) is 0 Å². The molecule has 22 heavy (non-hydrogen) atoms. The molecule has 112 valence electrons. The second kappa shape index (κ2) is 6.17. The Hall–Kier alpha value is -3.02. The number of benzene rings is 1. The Morgan fingerprint density at radius 1 is 1.23 bits per heavy atom. The standard InChI is InChI=1S/C16H13NO5/c1-9-6-13(18)12-7-10(2-4-11(12)16(9)22)3-5-14(19)17-8-15(20)21/h2-7H,8H2,1H3,(H,17,19)(H,20,21). The molecule has 1 aromatic rings. The zero-order valence-corrected chi connectivity index (χ0v) is 11.8. The molecule has 0 fully saturated rings. The van der Waals surface area contributed by atoms with E-state index in [0.717, 1.165) is 0 Å². The van der Waals surface area contributed by atoms with Gasteiger partial charge in [-0.1, -0.05) is 6.07 Å². The van der Waals surface area contributed by atoms with E-state index in [1.54, 1.807) is 19.1 Å². The normalized spacial score (nSPS) is 13.8. The molecule has 6 nitrogen and oxygen atoms in total. The number of carboxylic acids is 1. The van der Waals surface area contributed by atoms with Crippen molar-refractivity contribution in [2.45, 2.75) is 6.92 Å². The van der Waals surface area contributed by atoms with Gasteiger partial charge in [0.25, 0.3) is 0 Å². The Balaban J connectivity index is 2.18. The summed E-state index contributed by atoms with van der Waals surface area (Å²) in [5.74, 6) is -2.14. The zero-order valence-electron chi connectivity index (χ0n) is 11.8. The summed E-state index contributed by atoms with van der Waals surface area (Å²) in [5, 5.41) is 10.6. The first-order valence-corrected chi connectivity index (χ1v) is 6.47. The number of rotatable bonds is 4. The van der Waals surface area contributed by atoms with Crippen LogP contribution in [0.1, 0.15) is 33.2 Å². The maximum absolute atomic E-state index is 11.9. The lowest BCUT2D eigenvalue weighted by atomic mass is 9.89. The second-order valence-corrected chi connectivity index (χ2v) is 4.77. The van der Waals surface area contributed by atoms with E-state index in [2.05, 4.69) is 5.32 Å². The van der Waals surface area contributed by atoms with Crippen molar-refractivity contribution >= 4 is 29.5 Å². The summed E-state index contributed by atoms with van der Waals surface area (Å²) < 4.78 is 0. The molecule has 6 heteroatoms. The van der Waals surface area contributed by atoms with Crippen molar-refractivity contribution < 1.29 is 24.3 Å². The summed E-state index contributed by atoms with van der Waals surface area (Å²) in [4.78, 5) is 45.5. The summed E-state index contributed by atoms with van der Waals surface area (Å²) >= 11 is 0. The summed E-state index contributed by atoms with van der Waals surface area (Å²) in [5.41, 5.74) is 1.60. The highest BCUT2D eigenvalue weighted by molar-refractivity contribution is 6.24. The SMILES string of the molecule is CC1=CC(=O)c2cc(C=CC(=O)NCC(=O)O)ccc2C1=O. The average molecular weight is 299 g/mol. The third-order valence-electron chi connectivity index (χ3n) is 3.10. The van der Waals surface area contributed by atoms with Gasteiger partial charge in [0.1, 0.15) is 6.54 Å². The number of ketones is 2. The molecule has 0 saturated heterocycles. The topological polar surface area (TPSA) is 101 Å². The number of hydrogen-bond acceptors (Lipinski definition) is 4. The van der Waals surface area contributed by atoms with Crippen LogP contribution >= 0.6 is 0 Å². The van der Waals surface area contributed by atoms with Gasteiger partial charge in [-0.25, -0.2) is 0 Å². The van der Waals surface area contributed by atoms with E-state index in [9.17, 15) is 19.2 Å². The van der Waals surface area contributed by atoms with E-state index in [1.165, 1.54) is 24.3 Å². The molecule has 1 aliphatic rings. The van der Waals surface area contributed by atoms with Crippen molar-refractivity contribution in [3.63, 3.8) is 0 Å². The van der Waals surface area contributed by atoms with Crippen molar-refractivity contribution in [3.05, 3.63) is 52.6 Å². The number of aliphatic carboxylic acids is 1. The average Bonchev–Trinajstić information content (AvgIpc) is 2.48. The van der Waals surface area contributed by atoms with Gasteiger partial charge in [-0.05, 0) is 36.8 Å². The predicted octanol–water partition coefficient (Wildman–Crippen LogP) is 1.23. The third kappa shape index (κ3) is 3.35. The molecule has 0 spiro atoms. The van der Waals surface area contributed by atoms with Gasteiger partial charge >= 0.3 is 5.97 Å². The Morgan fingerprint density at radius 3 is 2.64 bits per heavy atom. The lowest BCUT2D eigenvalue weighted by Gasteiger charge is -2.12. The maximum Gasteiger partial charge on any atom is 0.322 e. The molecule has 0 bridgehead atoms. The van der Waals surface area contributed by atoms with Gasteiger partial charge in [0, 0.05) is 22.8 Å². The van der Waals surface area contributed by atoms with E-state index < -0.39 is 18.4 Å². The molecular formula is C16H13NO5. The van der Waals surface area contributed by atoms with Gasteiger partial charge in [-0.2, -0.15) is 0 Å². The van der Waals surface area contributed by atoms with Gasteiger partial charge in [0.2, 0.25) is 5.91 Å². The van der Waals surface area contributed by atoms with Crippen LogP contribution in [0.4, 0.5) is 0 Å². The maximum atomic E-state index is 11.9. The van der Waals surface area contributed by atoms with Crippen molar-refractivity contribution in [2.75, 3.05) is 6.54 Å². The molecule has 1 amide bonds. The fourth-order valence-electron chi connectivity index (χ4n) is 2.01. The van der Waals surface area contributed by atoms with E-state index in [-0.39, 0.29) is 11.6 Å². The first kappa shape index (κ1) is 15.4. The predicted molar refractivity (Wildman–Crippen MR) is 78.5 cm³/mol. The number of amides is 1. The Kier molecular flexibility index (Phi) is 4.31. The fraction of sp³-hybridized carbons (Fsp3) is 0.125. The van der Waals surface area contributed by atoms with Gasteiger partial charge < -0.3 is 10.4 Å². The van der Waals surface area contributed by atoms with E-state index in [0.29, 0.717) is 22.3 Å². The number of allylic oxidation sites excluding steroid dienone is 2. The highest BCUT2D eigenvalue weighted by Gasteiger charge is 2.22. The summed E-state index contributed by atoms with van der Waals surface area (Å²) in [6.07, 6.45) is 3.90. The molecular weight excluding hydrogens is 286 g/mol. The van der Waals surface area contributed by atoms with E-state index in [4.69, 9.17) is 5.11 Å². The molecule has 0 heterocycles. The van der Waals surface area contributed by atoms with Crippen LogP contribution in [0.15, 0.2) is 35.9 Å². The van der Waals surface area contributed by atoms with E-state index >= 15 is 0 Å². The minimum absolute atomic E-state index is 0.190. The van der Waals surface area contributed by atoms with E-state index in [1.807, 2.05) is 0 Å². The monoisotopic (exact) mass is 299 g/mol. The largest absolute Gasteiger partial charge is 0.480 e. The molecule has 0 radical (unpaired) electrons. The summed E-state index contributed by atoms with van der Waals surface area (Å²) in [6.45, 7) is 1.12. The van der Waals surface area contributed by atoms with Crippen molar-refractivity contribution in [1.29, 1.82) is 0 Å². The minimum atomic E-state index is -1.14. The highest BCUT2D eigenvalue weighted by atomic mass is 16.4. The van der Waals surface area contributed by atoms with Gasteiger partial charge in [-0.15, -0.1) is 0 Å². The molecule has 1 aromatic carbocycles. The molecule has 0 saturated carbocycles. The number of carbonyl (C=O) groups excluding carboxylic acids is 3. The minimum Gasteiger partial charge on any atom is -0.480 e. The van der Waals surface area contributed by atoms with Gasteiger partial charge in [0.15, 0.2) is 11.6 Å². The second-order valence-electron chi connectivity index (χ2n) is 4.77. The quantitative estimate of drug-likeness (QED) is 0.814. The number of hydrogen-bond donors (Lipinski definition) is 2. The highest BCUT2D eigenvalue weighted by Crippen LogP contribution is 2.22. The van der Waals surface area contributed by atoms with Gasteiger partial charge in [-0.3, -0.25) is 19.2 Å². The van der Waals surface area contributed by atoms with Crippen LogP contribution in [0.3, 0.4) is 0 Å². The number of carbonyl (C=O) groups is 4. The summed E-state index contributed by atoms with van der Waals surface area (Å²) in [7, 11) is 0. The molecule has 0 aliphatic heterocycles. The number of nitrogens with one attached hydrogen (secondary N) is 1. The van der Waals surface area contributed by atoms with Crippen molar-refractivity contribution in [3.8, 4) is 0 Å². The number of fused-ring (bicyclic) bond motifs is 1. The molecule has 2 rings (SSSR count). The van der Waals surface area contributed by atoms with Crippen molar-refractivity contribution in [1.82, 2.24) is 5.32 Å². The molecule has 0 atom stereocenters. The Bertz CT molecular complexity index is 743. The van der Waals surface area contributed by atoms with Crippen LogP contribution in [0, 0.1) is 0 Å². The zero-order chi connectivity index (χ0) is 16.3. The van der Waals surface area contributed by atoms with Gasteiger partial charge in [0.05, 0.1) is 0 Å². The fourth-order valence-corrected chi connectivity index (χ4v) is 2.01. The molecule has 0 unspecified atom stereocenters. The number of Topliss-reactive ketones (excluding diaryl/α,β-unsaturated/α-hetero) is 1. The third-order valence-corrected chi connectivity index (χ3v) is 3.10. The molecule has 0 aromatic heterocycles.